The number of hydrogen-bond donors (Lipinski definition) is 2. The van der Waals surface area contributed by atoms with Crippen LogP contribution >= 0.6 is 0 Å². The highest BCUT2D eigenvalue weighted by molar-refractivity contribution is 5.97. The lowest BCUT2D eigenvalue weighted by atomic mass is 9.97. The molecule has 0 aliphatic carbocycles. The second-order valence-corrected chi connectivity index (χ2v) is 10.1. The van der Waals surface area contributed by atoms with Crippen molar-refractivity contribution in [2.75, 3.05) is 40.0 Å². The van der Waals surface area contributed by atoms with Crippen molar-refractivity contribution in [2.45, 2.75) is 58.3 Å². The Kier molecular flexibility index (Phi) is 8.75. The van der Waals surface area contributed by atoms with Crippen molar-refractivity contribution in [3.8, 4) is 17.7 Å². The van der Waals surface area contributed by atoms with Gasteiger partial charge in [-0.25, -0.2) is 4.98 Å². The van der Waals surface area contributed by atoms with E-state index in [2.05, 4.69) is 16.8 Å². The van der Waals surface area contributed by atoms with E-state index in [9.17, 15) is 19.8 Å². The number of fused-ring (bicyclic) bond motifs is 1. The van der Waals surface area contributed by atoms with Crippen molar-refractivity contribution in [1.82, 2.24) is 14.8 Å². The molecule has 35 heavy (non-hydrogen) atoms. The number of nitrogens with zero attached hydrogens (tertiary/aromatic N) is 3. The van der Waals surface area contributed by atoms with E-state index in [1.807, 2.05) is 6.92 Å². The molecule has 2 N–H and O–H groups in total. The molecule has 1 saturated heterocycles. The van der Waals surface area contributed by atoms with Crippen LogP contribution in [0.2, 0.25) is 0 Å². The fourth-order valence-electron chi connectivity index (χ4n) is 4.23. The zero-order valence-corrected chi connectivity index (χ0v) is 21.3. The Bertz CT molecular complexity index is 974. The van der Waals surface area contributed by atoms with E-state index in [0.717, 1.165) is 0 Å². The molecule has 192 valence electrons. The van der Waals surface area contributed by atoms with Crippen LogP contribution in [0.3, 0.4) is 0 Å². The average Bonchev–Trinajstić information content (AvgIpc) is 2.84. The summed E-state index contributed by atoms with van der Waals surface area (Å²) >= 11 is 0. The predicted octanol–water partition coefficient (Wildman–Crippen LogP) is 1.31. The zero-order chi connectivity index (χ0) is 25.8. The van der Waals surface area contributed by atoms with Crippen LogP contribution < -0.4 is 4.74 Å². The molecule has 1 aromatic rings. The molecule has 2 aliphatic rings. The van der Waals surface area contributed by atoms with Crippen LogP contribution in [-0.2, 0) is 9.53 Å². The van der Waals surface area contributed by atoms with Crippen molar-refractivity contribution in [3.05, 3.63) is 23.4 Å². The lowest BCUT2D eigenvalue weighted by molar-refractivity contribution is -0.138. The summed E-state index contributed by atoms with van der Waals surface area (Å²) in [6.07, 6.45) is 2.51. The minimum absolute atomic E-state index is 0.0626. The quantitative estimate of drug-likeness (QED) is 0.602. The molecule has 0 radical (unpaired) electrons. The first kappa shape index (κ1) is 26.9. The van der Waals surface area contributed by atoms with Gasteiger partial charge in [0.15, 0.2) is 0 Å². The van der Waals surface area contributed by atoms with E-state index in [-0.39, 0.29) is 41.7 Å². The largest absolute Gasteiger partial charge is 0.472 e. The monoisotopic (exact) mass is 487 g/mol. The van der Waals surface area contributed by atoms with Crippen molar-refractivity contribution in [1.29, 1.82) is 0 Å². The Morgan fingerprint density at radius 3 is 2.69 bits per heavy atom. The van der Waals surface area contributed by atoms with Gasteiger partial charge in [0.25, 0.3) is 5.91 Å². The molecule has 0 unspecified atom stereocenters. The third-order valence-corrected chi connectivity index (χ3v) is 6.43. The molecule has 2 aliphatic heterocycles. The third kappa shape index (κ3) is 6.94. The molecule has 9 heteroatoms. The summed E-state index contributed by atoms with van der Waals surface area (Å²) < 4.78 is 11.6. The van der Waals surface area contributed by atoms with Gasteiger partial charge in [0, 0.05) is 50.4 Å². The number of pyridine rings is 1. The van der Waals surface area contributed by atoms with Gasteiger partial charge in [0.1, 0.15) is 17.3 Å². The molecular weight excluding hydrogens is 450 g/mol. The van der Waals surface area contributed by atoms with Crippen LogP contribution in [0.1, 0.15) is 56.5 Å². The number of ether oxygens (including phenoxy) is 2. The molecule has 3 atom stereocenters. The molecule has 3 rings (SSSR count). The Morgan fingerprint density at radius 1 is 1.37 bits per heavy atom. The number of aliphatic hydroxyl groups is 2. The molecule has 0 saturated carbocycles. The van der Waals surface area contributed by atoms with E-state index >= 15 is 0 Å². The number of hydrogen-bond acceptors (Lipinski definition) is 7. The Balaban J connectivity index is 1.91. The third-order valence-electron chi connectivity index (χ3n) is 6.43. The predicted molar refractivity (Wildman–Crippen MR) is 130 cm³/mol. The topological polar surface area (TPSA) is 112 Å². The molecule has 1 fully saturated rings. The van der Waals surface area contributed by atoms with Crippen LogP contribution in [0, 0.1) is 23.7 Å². The number of aromatic nitrogens is 1. The molecule has 9 nitrogen and oxygen atoms in total. The maximum absolute atomic E-state index is 13.5. The molecule has 0 spiro atoms. The standard InChI is InChI=1S/C26H37N3O6/c1-17-14-29(18(2)16-30)25(32)21-12-19(6-9-26(3,4)33)13-27-23(21)35-22(17)15-28(5)24(31)20-7-10-34-11-8-20/h12-13,17-18,20,22,30,33H,7-8,10-11,14-16H2,1-5H3/t17-,18-,22-/m1/s1. The average molecular weight is 488 g/mol. The van der Waals surface area contributed by atoms with E-state index < -0.39 is 17.7 Å². The summed E-state index contributed by atoms with van der Waals surface area (Å²) in [5.41, 5.74) is -0.482. The van der Waals surface area contributed by atoms with Gasteiger partial charge in [-0.2, -0.15) is 0 Å². The summed E-state index contributed by atoms with van der Waals surface area (Å²) in [6, 6.07) is 1.19. The highest BCUT2D eigenvalue weighted by atomic mass is 16.5. The molecule has 1 aromatic heterocycles. The summed E-state index contributed by atoms with van der Waals surface area (Å²) in [7, 11) is 1.77. The van der Waals surface area contributed by atoms with Crippen molar-refractivity contribution < 1.29 is 29.3 Å². The van der Waals surface area contributed by atoms with Crippen molar-refractivity contribution in [2.24, 2.45) is 11.8 Å². The number of likely N-dealkylation sites (N-methyl/N-ethyl adjacent to an activating group) is 1. The molecule has 2 amide bonds. The van der Waals surface area contributed by atoms with Crippen LogP contribution in [0.4, 0.5) is 0 Å². The van der Waals surface area contributed by atoms with Gasteiger partial charge < -0.3 is 29.5 Å². The molecule has 0 aromatic carbocycles. The number of aliphatic hydroxyl groups excluding tert-OH is 1. The minimum atomic E-state index is -1.19. The zero-order valence-electron chi connectivity index (χ0n) is 21.3. The van der Waals surface area contributed by atoms with Crippen LogP contribution in [0.25, 0.3) is 0 Å². The van der Waals surface area contributed by atoms with Gasteiger partial charge in [-0.3, -0.25) is 9.59 Å². The SMILES string of the molecule is C[C@@H]1CN([C@H](C)CO)C(=O)c2cc(C#CC(C)(C)O)cnc2O[C@@H]1CN(C)C(=O)C1CCOCC1. The Hall–Kier alpha value is -2.67. The highest BCUT2D eigenvalue weighted by Gasteiger charge is 2.35. The molecular formula is C26H37N3O6. The van der Waals surface area contributed by atoms with Crippen LogP contribution in [-0.4, -0.2) is 94.5 Å². The summed E-state index contributed by atoms with van der Waals surface area (Å²) in [4.78, 5) is 34.2. The lowest BCUT2D eigenvalue weighted by Gasteiger charge is -2.38. The second-order valence-electron chi connectivity index (χ2n) is 10.1. The highest BCUT2D eigenvalue weighted by Crippen LogP contribution is 2.28. The summed E-state index contributed by atoms with van der Waals surface area (Å²) in [6.45, 7) is 8.59. The van der Waals surface area contributed by atoms with E-state index in [4.69, 9.17) is 9.47 Å². The number of carbonyl (C=O) groups excluding carboxylic acids is 2. The van der Waals surface area contributed by atoms with Gasteiger partial charge in [-0.1, -0.05) is 18.8 Å². The van der Waals surface area contributed by atoms with Gasteiger partial charge in [0.2, 0.25) is 11.8 Å². The first-order valence-corrected chi connectivity index (χ1v) is 12.2. The van der Waals surface area contributed by atoms with Crippen molar-refractivity contribution in [3.63, 3.8) is 0 Å². The Labute approximate surface area is 207 Å². The van der Waals surface area contributed by atoms with E-state index in [0.29, 0.717) is 44.7 Å². The smallest absolute Gasteiger partial charge is 0.259 e. The van der Waals surface area contributed by atoms with Gasteiger partial charge in [0.05, 0.1) is 19.2 Å². The maximum Gasteiger partial charge on any atom is 0.259 e. The normalized spacial score (nSPS) is 22.1. The van der Waals surface area contributed by atoms with Gasteiger partial charge in [-0.15, -0.1) is 0 Å². The number of carbonyl (C=O) groups is 2. The van der Waals surface area contributed by atoms with Crippen LogP contribution in [0.5, 0.6) is 5.88 Å². The molecule has 0 bridgehead atoms. The first-order valence-electron chi connectivity index (χ1n) is 12.2. The second kappa shape index (κ2) is 11.4. The van der Waals surface area contributed by atoms with E-state index in [1.54, 1.807) is 43.7 Å². The number of rotatable bonds is 5. The maximum atomic E-state index is 13.5. The summed E-state index contributed by atoms with van der Waals surface area (Å²) in [5, 5.41) is 19.7. The van der Waals surface area contributed by atoms with Crippen molar-refractivity contribution >= 4 is 11.8 Å². The van der Waals surface area contributed by atoms with E-state index in [1.165, 1.54) is 6.20 Å². The summed E-state index contributed by atoms with van der Waals surface area (Å²) in [5.74, 6) is 5.32. The van der Waals surface area contributed by atoms with Gasteiger partial charge in [-0.05, 0) is 39.7 Å². The minimum Gasteiger partial charge on any atom is -0.472 e. The fraction of sp³-hybridized carbons (Fsp3) is 0.654. The number of amides is 2. The fourth-order valence-corrected chi connectivity index (χ4v) is 4.23. The Morgan fingerprint density at radius 2 is 2.06 bits per heavy atom. The lowest BCUT2D eigenvalue weighted by Crippen LogP contribution is -2.51. The first-order chi connectivity index (χ1) is 16.5. The van der Waals surface area contributed by atoms with Crippen LogP contribution in [0.15, 0.2) is 12.3 Å². The molecule has 3 heterocycles. The van der Waals surface area contributed by atoms with Gasteiger partial charge >= 0.3 is 0 Å².